The highest BCUT2D eigenvalue weighted by atomic mass is 79.9. The Bertz CT molecular complexity index is 3610. The third-order valence-corrected chi connectivity index (χ3v) is 13.5. The Kier molecular flexibility index (Phi) is 26.6. The van der Waals surface area contributed by atoms with Gasteiger partial charge in [0.1, 0.15) is 52.7 Å². The van der Waals surface area contributed by atoms with Crippen LogP contribution in [0, 0.1) is 30.3 Å². The van der Waals surface area contributed by atoms with E-state index in [0.717, 1.165) is 17.1 Å². The molecule has 0 amide bonds. The maximum Gasteiger partial charge on any atom is 0.325 e. The number of hydrogen-bond donors (Lipinski definition) is 2. The summed E-state index contributed by atoms with van der Waals surface area (Å²) in [6.45, 7) is 12.9. The molecular weight excluding hydrogens is 1290 g/mol. The van der Waals surface area contributed by atoms with Gasteiger partial charge in [-0.15, -0.1) is 0 Å². The molecule has 0 aliphatic carbocycles. The minimum atomic E-state index is -0.534. The number of nitrogens with one attached hydrogen (secondary N) is 2. The molecule has 3 aliphatic rings. The van der Waals surface area contributed by atoms with Gasteiger partial charge in [0.15, 0.2) is 34.5 Å². The molecule has 0 fully saturated rings. The van der Waals surface area contributed by atoms with E-state index in [9.17, 15) is 44.7 Å². The molecule has 0 saturated heterocycles. The molecule has 6 aromatic carbocycles. The molecule has 9 rings (SSSR count). The summed E-state index contributed by atoms with van der Waals surface area (Å²) in [5, 5.41) is 41.2. The molecule has 0 unspecified atom stereocenters. The first-order chi connectivity index (χ1) is 44.6. The number of carbonyl (C=O) groups is 3. The molecule has 2 N–H and O–H groups in total. The van der Waals surface area contributed by atoms with Crippen LogP contribution in [0.4, 0.5) is 68.2 Å². The van der Waals surface area contributed by atoms with Crippen LogP contribution in [-0.2, 0) is 28.6 Å². The van der Waals surface area contributed by atoms with Crippen molar-refractivity contribution in [1.29, 1.82) is 0 Å². The Morgan fingerprint density at radius 3 is 1.22 bits per heavy atom. The Labute approximate surface area is 544 Å². The molecule has 0 bridgehead atoms. The van der Waals surface area contributed by atoms with Crippen molar-refractivity contribution < 1.29 is 86.0 Å². The summed E-state index contributed by atoms with van der Waals surface area (Å²) in [7, 11) is 9.41. The van der Waals surface area contributed by atoms with Crippen LogP contribution in [0.25, 0.3) is 0 Å². The lowest BCUT2D eigenvalue weighted by Gasteiger charge is -2.27. The van der Waals surface area contributed by atoms with Gasteiger partial charge in [-0.3, -0.25) is 44.7 Å². The molecule has 6 aromatic rings. The summed E-state index contributed by atoms with van der Waals surface area (Å²) < 4.78 is 63.6. The average molecular weight is 1360 g/mol. The Balaban J connectivity index is 0.000000211. The molecule has 0 spiro atoms. The molecule has 500 valence electrons. The van der Waals surface area contributed by atoms with E-state index in [0.29, 0.717) is 107 Å². The van der Waals surface area contributed by atoms with Gasteiger partial charge in [0.05, 0.1) is 89.7 Å². The highest BCUT2D eigenvalue weighted by Gasteiger charge is 2.32. The zero-order valence-corrected chi connectivity index (χ0v) is 54.8. The smallest absolute Gasteiger partial charge is 0.325 e. The number of fused-ring (bicyclic) bond motifs is 3. The lowest BCUT2D eigenvalue weighted by molar-refractivity contribution is -0.384. The monoisotopic (exact) mass is 1360 g/mol. The largest absolute Gasteiger partial charge is 0.492 e. The predicted molar refractivity (Wildman–Crippen MR) is 350 cm³/mol. The van der Waals surface area contributed by atoms with Crippen molar-refractivity contribution in [3.8, 4) is 51.7 Å². The lowest BCUT2D eigenvalue weighted by atomic mass is 10.1. The average Bonchev–Trinajstić information content (AvgIpc) is 1.77. The summed E-state index contributed by atoms with van der Waals surface area (Å²) in [6.07, 6.45) is 0. The Morgan fingerprint density at radius 1 is 0.441 bits per heavy atom. The van der Waals surface area contributed by atoms with Gasteiger partial charge < -0.3 is 87.1 Å². The third-order valence-electron chi connectivity index (χ3n) is 13.1. The van der Waals surface area contributed by atoms with Crippen LogP contribution >= 0.6 is 15.9 Å². The number of rotatable bonds is 26. The number of nitro benzene ring substituents is 3. The van der Waals surface area contributed by atoms with Gasteiger partial charge >= 0.3 is 17.9 Å². The van der Waals surface area contributed by atoms with E-state index in [1.165, 1.54) is 35.2 Å². The standard InChI is InChI=1S/C21H25N3O7.C20H23N3O7.C17H19N3O5.C4H7BrO2/c1-5-28-18-9-14(22(3)4)7-8-15(18)23(12-21(25)29-6-2)16-10-19-20(31-13-30-19)11-17(16)24(26)27;1-4-27-17-8-13(22(3)11-20(24)28-5-2)6-7-14(17)21-15-9-18-19(30-12-29-18)10-16(15)23(25)26;1-4-23-15-7-11(19(2)3)5-6-12(15)18-13-8-16-17(25-10-24-16)9-14(13)20(21)22;1-2-7-4(6)3-5/h7-11H,5-6,12-13H2,1-4H3;6-10,21H,4-5,11-12H2,1-3H3;5-9,18H,4,10H2,1-3H3;2-3H2,1H3. The van der Waals surface area contributed by atoms with E-state index in [4.69, 9.17) is 52.1 Å². The topological polar surface area (TPSA) is 328 Å². The fourth-order valence-corrected chi connectivity index (χ4v) is 9.00. The minimum absolute atomic E-state index is 0.0155. The van der Waals surface area contributed by atoms with E-state index in [1.807, 2.05) is 89.1 Å². The van der Waals surface area contributed by atoms with E-state index in [-0.39, 0.29) is 86.2 Å². The van der Waals surface area contributed by atoms with Gasteiger partial charge in [0.2, 0.25) is 20.4 Å². The summed E-state index contributed by atoms with van der Waals surface area (Å²) >= 11 is 2.94. The Hall–Kier alpha value is -10.6. The SMILES string of the molecule is CCOC(=O)CBr.CCOC(=O)CN(C)c1ccc(Nc2cc3c(cc2[N+](=O)[O-])OCO3)c(OCC)c1.CCOC(=O)CN(c1ccc(N(C)C)cc1OCC)c1cc2c(cc1[N+](=O)[O-])OCO2.CCOc1cc(N(C)C)ccc1Nc1cc2c(cc1[N+](=O)[O-])OCO2. The molecule has 3 aliphatic heterocycles. The van der Waals surface area contributed by atoms with Crippen molar-refractivity contribution in [2.75, 3.05) is 144 Å². The maximum atomic E-state index is 12.4. The number of hydrogen-bond acceptors (Lipinski definition) is 27. The van der Waals surface area contributed by atoms with Crippen LogP contribution in [0.15, 0.2) is 91.0 Å². The first-order valence-electron chi connectivity index (χ1n) is 29.0. The van der Waals surface area contributed by atoms with Gasteiger partial charge in [-0.1, -0.05) is 15.9 Å². The van der Waals surface area contributed by atoms with E-state index in [1.54, 1.807) is 63.1 Å². The van der Waals surface area contributed by atoms with Crippen LogP contribution in [0.2, 0.25) is 0 Å². The van der Waals surface area contributed by atoms with E-state index in [2.05, 4.69) is 31.3 Å². The van der Waals surface area contributed by atoms with Gasteiger partial charge in [0, 0.05) is 88.7 Å². The second kappa shape index (κ2) is 34.6. The molecule has 0 aromatic heterocycles. The number of alkyl halides is 1. The zero-order chi connectivity index (χ0) is 67.9. The highest BCUT2D eigenvalue weighted by Crippen LogP contribution is 2.48. The number of halogens is 1. The molecule has 30 nitrogen and oxygen atoms in total. The number of carbonyl (C=O) groups excluding carboxylic acids is 3. The van der Waals surface area contributed by atoms with Gasteiger partial charge in [-0.25, -0.2) is 0 Å². The number of nitrogens with zero attached hydrogens (tertiary/aromatic N) is 7. The molecule has 93 heavy (non-hydrogen) atoms. The van der Waals surface area contributed by atoms with Crippen LogP contribution in [0.1, 0.15) is 41.5 Å². The fourth-order valence-electron chi connectivity index (χ4n) is 8.83. The quantitative estimate of drug-likeness (QED) is 0.0167. The summed E-state index contributed by atoms with van der Waals surface area (Å²) in [5.74, 6) is 2.72. The van der Waals surface area contributed by atoms with Crippen molar-refractivity contribution in [3.05, 3.63) is 121 Å². The van der Waals surface area contributed by atoms with Crippen LogP contribution in [0.3, 0.4) is 0 Å². The normalized spacial score (nSPS) is 11.5. The minimum Gasteiger partial charge on any atom is -0.492 e. The fraction of sp³-hybridized carbons (Fsp3) is 0.371. The molecule has 3 heterocycles. The molecular formula is C62H74BrN9O21. The summed E-state index contributed by atoms with van der Waals surface area (Å²) in [5.41, 5.74) is 4.49. The Morgan fingerprint density at radius 2 is 0.806 bits per heavy atom. The number of anilines is 9. The highest BCUT2D eigenvalue weighted by molar-refractivity contribution is 9.09. The van der Waals surface area contributed by atoms with Crippen LogP contribution in [-0.4, -0.2) is 146 Å². The first-order valence-corrected chi connectivity index (χ1v) is 30.1. The van der Waals surface area contributed by atoms with Crippen molar-refractivity contribution in [2.45, 2.75) is 41.5 Å². The number of benzene rings is 6. The van der Waals surface area contributed by atoms with Gasteiger partial charge in [-0.05, 0) is 77.9 Å². The van der Waals surface area contributed by atoms with Crippen molar-refractivity contribution in [3.63, 3.8) is 0 Å². The van der Waals surface area contributed by atoms with Gasteiger partial charge in [0.25, 0.3) is 17.1 Å². The summed E-state index contributed by atoms with van der Waals surface area (Å²) in [6, 6.07) is 24.9. The lowest BCUT2D eigenvalue weighted by Crippen LogP contribution is -2.28. The number of ether oxygens (including phenoxy) is 12. The molecule has 0 radical (unpaired) electrons. The molecule has 0 saturated carbocycles. The van der Waals surface area contributed by atoms with Gasteiger partial charge in [-0.2, -0.15) is 0 Å². The van der Waals surface area contributed by atoms with Crippen LogP contribution < -0.4 is 72.9 Å². The summed E-state index contributed by atoms with van der Waals surface area (Å²) in [4.78, 5) is 74.7. The number of esters is 3. The van der Waals surface area contributed by atoms with Crippen molar-refractivity contribution >= 4 is 102 Å². The maximum absolute atomic E-state index is 12.4. The number of likely N-dealkylation sites (N-methyl/N-ethyl adjacent to an activating group) is 1. The van der Waals surface area contributed by atoms with Crippen molar-refractivity contribution in [1.82, 2.24) is 0 Å². The zero-order valence-electron chi connectivity index (χ0n) is 53.2. The predicted octanol–water partition coefficient (Wildman–Crippen LogP) is 11.4. The first kappa shape index (κ1) is 71.5. The van der Waals surface area contributed by atoms with E-state index >= 15 is 0 Å². The second-order valence-electron chi connectivity index (χ2n) is 19.8. The number of nitro groups is 3. The van der Waals surface area contributed by atoms with E-state index < -0.39 is 20.7 Å². The third kappa shape index (κ3) is 19.5. The second-order valence-corrected chi connectivity index (χ2v) is 20.3. The van der Waals surface area contributed by atoms with Crippen LogP contribution in [0.5, 0.6) is 51.7 Å². The molecule has 0 atom stereocenters. The molecule has 31 heteroatoms. The van der Waals surface area contributed by atoms with Crippen molar-refractivity contribution in [2.24, 2.45) is 0 Å².